The summed E-state index contributed by atoms with van der Waals surface area (Å²) in [6.07, 6.45) is 7.73. The highest BCUT2D eigenvalue weighted by Gasteiger charge is 2.18. The van der Waals surface area contributed by atoms with E-state index in [4.69, 9.17) is 9.97 Å². The Morgan fingerprint density at radius 2 is 1.23 bits per heavy atom. The molecule has 1 aliphatic carbocycles. The van der Waals surface area contributed by atoms with Crippen LogP contribution in [0.5, 0.6) is 0 Å². The van der Waals surface area contributed by atoms with Crippen LogP contribution in [0.4, 0.5) is 0 Å². The fourth-order valence-corrected chi connectivity index (χ4v) is 8.32. The molecule has 0 saturated carbocycles. The first-order chi connectivity index (χ1) is 21.7. The Hall–Kier alpha value is -5.12. The Kier molecular flexibility index (Phi) is 5.75. The van der Waals surface area contributed by atoms with Crippen molar-refractivity contribution in [3.05, 3.63) is 138 Å². The molecule has 0 spiro atoms. The standard InChI is InChI=1S/C41H28N2S/c1-25-19-20-33-36-18-8-17-30(41(36)44-38(33)21-25)28-11-6-9-26(22-28)27-10-7-12-29(23-27)37-24-42-39-34-15-4-2-13-31(34)32-14-3-5-16-35(32)40(39)43-37/h2-20,22-25H,21H2,1H3. The summed E-state index contributed by atoms with van der Waals surface area (Å²) in [5.74, 6) is 0.597. The molecule has 2 nitrogen and oxygen atoms in total. The van der Waals surface area contributed by atoms with Gasteiger partial charge in [0.1, 0.15) is 0 Å². The maximum Gasteiger partial charge on any atom is 0.0979 e. The van der Waals surface area contributed by atoms with Crippen molar-refractivity contribution in [3.8, 4) is 33.5 Å². The van der Waals surface area contributed by atoms with Gasteiger partial charge in [0.15, 0.2) is 0 Å². The highest BCUT2D eigenvalue weighted by molar-refractivity contribution is 7.20. The van der Waals surface area contributed by atoms with Gasteiger partial charge >= 0.3 is 0 Å². The Labute approximate surface area is 260 Å². The third-order valence-corrected chi connectivity index (χ3v) is 10.3. The lowest BCUT2D eigenvalue weighted by Crippen LogP contribution is -1.99. The van der Waals surface area contributed by atoms with Crippen molar-refractivity contribution in [2.75, 3.05) is 0 Å². The number of benzene rings is 6. The third-order valence-electron chi connectivity index (χ3n) is 9.02. The SMILES string of the molecule is CC1C=Cc2c(sc3c(-c4cccc(-c5cccc(-c6cnc7c8ccccc8c8ccccc8c7n6)c5)c4)cccc23)C1. The van der Waals surface area contributed by atoms with Crippen molar-refractivity contribution in [3.63, 3.8) is 0 Å². The fourth-order valence-electron chi connectivity index (χ4n) is 6.86. The average Bonchev–Trinajstić information content (AvgIpc) is 3.46. The third kappa shape index (κ3) is 4.00. The van der Waals surface area contributed by atoms with Gasteiger partial charge in [-0.15, -0.1) is 11.3 Å². The zero-order valence-corrected chi connectivity index (χ0v) is 25.1. The summed E-state index contributed by atoms with van der Waals surface area (Å²) >= 11 is 1.96. The summed E-state index contributed by atoms with van der Waals surface area (Å²) in [6, 6.07) is 41.4. The van der Waals surface area contributed by atoms with Gasteiger partial charge in [0.25, 0.3) is 0 Å². The zero-order valence-electron chi connectivity index (χ0n) is 24.3. The second kappa shape index (κ2) is 9.97. The highest BCUT2D eigenvalue weighted by Crippen LogP contribution is 2.42. The molecule has 9 rings (SSSR count). The molecule has 3 heteroatoms. The van der Waals surface area contributed by atoms with E-state index in [1.807, 2.05) is 17.5 Å². The molecule has 0 bridgehead atoms. The maximum atomic E-state index is 5.23. The minimum atomic E-state index is 0.597. The normalized spacial score (nSPS) is 14.5. The number of allylic oxidation sites excluding steroid dienone is 1. The molecule has 8 aromatic rings. The molecule has 0 fully saturated rings. The van der Waals surface area contributed by atoms with Crippen LogP contribution in [0.25, 0.3) is 82.3 Å². The van der Waals surface area contributed by atoms with Gasteiger partial charge in [0, 0.05) is 31.3 Å². The summed E-state index contributed by atoms with van der Waals surface area (Å²) < 4.78 is 1.38. The molecule has 1 aliphatic rings. The molecule has 2 heterocycles. The summed E-state index contributed by atoms with van der Waals surface area (Å²) in [4.78, 5) is 11.7. The Bertz CT molecular complexity index is 2410. The van der Waals surface area contributed by atoms with E-state index < -0.39 is 0 Å². The van der Waals surface area contributed by atoms with Crippen molar-refractivity contribution in [1.29, 1.82) is 0 Å². The van der Waals surface area contributed by atoms with Gasteiger partial charge in [0.2, 0.25) is 0 Å². The lowest BCUT2D eigenvalue weighted by molar-refractivity contribution is 0.728. The molecule has 2 aromatic heterocycles. The van der Waals surface area contributed by atoms with E-state index in [2.05, 4.69) is 134 Å². The van der Waals surface area contributed by atoms with Gasteiger partial charge < -0.3 is 0 Å². The maximum absolute atomic E-state index is 5.23. The Morgan fingerprint density at radius 3 is 2.00 bits per heavy atom. The number of rotatable bonds is 3. The molecule has 0 aliphatic heterocycles. The summed E-state index contributed by atoms with van der Waals surface area (Å²) in [7, 11) is 0. The molecule has 44 heavy (non-hydrogen) atoms. The lowest BCUT2D eigenvalue weighted by atomic mass is 9.93. The lowest BCUT2D eigenvalue weighted by Gasteiger charge is -2.11. The van der Waals surface area contributed by atoms with Crippen LogP contribution in [0.15, 0.2) is 128 Å². The Balaban J connectivity index is 1.15. The second-order valence-electron chi connectivity index (χ2n) is 11.9. The summed E-state index contributed by atoms with van der Waals surface area (Å²) in [5.41, 5.74) is 10.2. The van der Waals surface area contributed by atoms with Crippen LogP contribution in [0.2, 0.25) is 0 Å². The smallest absolute Gasteiger partial charge is 0.0979 e. The van der Waals surface area contributed by atoms with Gasteiger partial charge in [0.05, 0.1) is 22.9 Å². The number of aromatic nitrogens is 2. The van der Waals surface area contributed by atoms with Gasteiger partial charge in [-0.2, -0.15) is 0 Å². The molecule has 0 radical (unpaired) electrons. The fraction of sp³-hybridized carbons (Fsp3) is 0.0732. The van der Waals surface area contributed by atoms with E-state index in [1.165, 1.54) is 53.6 Å². The molecular formula is C41H28N2S. The number of hydrogen-bond donors (Lipinski definition) is 0. The van der Waals surface area contributed by atoms with E-state index in [0.717, 1.165) is 39.5 Å². The van der Waals surface area contributed by atoms with Gasteiger partial charge in [-0.05, 0) is 63.1 Å². The van der Waals surface area contributed by atoms with Crippen LogP contribution in [0, 0.1) is 5.92 Å². The van der Waals surface area contributed by atoms with Gasteiger partial charge in [-0.25, -0.2) is 4.98 Å². The quantitative estimate of drug-likeness (QED) is 0.194. The molecule has 0 amide bonds. The van der Waals surface area contributed by atoms with E-state index in [0.29, 0.717) is 5.92 Å². The Morgan fingerprint density at radius 1 is 0.614 bits per heavy atom. The minimum Gasteiger partial charge on any atom is -0.252 e. The van der Waals surface area contributed by atoms with Crippen molar-refractivity contribution < 1.29 is 0 Å². The average molecular weight is 581 g/mol. The minimum absolute atomic E-state index is 0.597. The van der Waals surface area contributed by atoms with Crippen LogP contribution >= 0.6 is 11.3 Å². The van der Waals surface area contributed by atoms with Crippen molar-refractivity contribution in [1.82, 2.24) is 9.97 Å². The van der Waals surface area contributed by atoms with Crippen molar-refractivity contribution in [2.24, 2.45) is 5.92 Å². The molecule has 6 aromatic carbocycles. The van der Waals surface area contributed by atoms with Crippen molar-refractivity contribution in [2.45, 2.75) is 13.3 Å². The van der Waals surface area contributed by atoms with Crippen LogP contribution in [-0.2, 0) is 6.42 Å². The molecule has 0 saturated heterocycles. The predicted octanol–water partition coefficient (Wildman–Crippen LogP) is 11.4. The number of fused-ring (bicyclic) bond motifs is 9. The largest absolute Gasteiger partial charge is 0.252 e. The van der Waals surface area contributed by atoms with Crippen LogP contribution in [-0.4, -0.2) is 9.97 Å². The van der Waals surface area contributed by atoms with Gasteiger partial charge in [-0.3, -0.25) is 4.98 Å². The number of hydrogen-bond acceptors (Lipinski definition) is 3. The predicted molar refractivity (Wildman–Crippen MR) is 188 cm³/mol. The monoisotopic (exact) mass is 580 g/mol. The number of nitrogens with zero attached hydrogens (tertiary/aromatic N) is 2. The molecule has 1 atom stereocenters. The summed E-state index contributed by atoms with van der Waals surface area (Å²) in [6.45, 7) is 2.30. The topological polar surface area (TPSA) is 25.8 Å². The van der Waals surface area contributed by atoms with E-state index in [9.17, 15) is 0 Å². The molecule has 1 unspecified atom stereocenters. The van der Waals surface area contributed by atoms with Crippen LogP contribution < -0.4 is 0 Å². The first-order valence-corrected chi connectivity index (χ1v) is 16.0. The molecular weight excluding hydrogens is 553 g/mol. The van der Waals surface area contributed by atoms with E-state index in [-0.39, 0.29) is 0 Å². The van der Waals surface area contributed by atoms with E-state index in [1.54, 1.807) is 0 Å². The molecule has 208 valence electrons. The first kappa shape index (κ1) is 25.4. The second-order valence-corrected chi connectivity index (χ2v) is 13.0. The van der Waals surface area contributed by atoms with Crippen molar-refractivity contribution >= 4 is 60.1 Å². The summed E-state index contributed by atoms with van der Waals surface area (Å²) in [5, 5.41) is 6.06. The van der Waals surface area contributed by atoms with Gasteiger partial charge in [-0.1, -0.05) is 122 Å². The van der Waals surface area contributed by atoms with Crippen LogP contribution in [0.1, 0.15) is 17.4 Å². The number of thiophene rings is 1. The highest BCUT2D eigenvalue weighted by atomic mass is 32.1. The zero-order chi connectivity index (χ0) is 29.2. The molecule has 0 N–H and O–H groups in total. The van der Waals surface area contributed by atoms with E-state index >= 15 is 0 Å². The first-order valence-electron chi connectivity index (χ1n) is 15.2. The van der Waals surface area contributed by atoms with Crippen LogP contribution in [0.3, 0.4) is 0 Å².